The highest BCUT2D eigenvalue weighted by Crippen LogP contribution is 2.35. The van der Waals surface area contributed by atoms with Crippen LogP contribution in [0, 0.1) is 0 Å². The van der Waals surface area contributed by atoms with Crippen molar-refractivity contribution in [2.45, 2.75) is 70.0 Å². The summed E-state index contributed by atoms with van der Waals surface area (Å²) >= 11 is 0. The fourth-order valence-electron chi connectivity index (χ4n) is 4.84. The van der Waals surface area contributed by atoms with E-state index in [4.69, 9.17) is 0 Å². The standard InChI is InChI=1S/C23H32N4O3/c28-20(6-5-15-27-21(29)23(25-22(27)30)11-1-2-12-23)24-16-18-7-9-19(10-8-18)17-26-13-3-4-14-26/h7-10H,1-6,11-17H2,(H,24,28)(H,25,30). The second-order valence-corrected chi connectivity index (χ2v) is 8.86. The van der Waals surface area contributed by atoms with Gasteiger partial charge in [0.25, 0.3) is 5.91 Å². The Kier molecular flexibility index (Phi) is 6.37. The Morgan fingerprint density at radius 3 is 2.37 bits per heavy atom. The number of likely N-dealkylation sites (tertiary alicyclic amines) is 1. The molecule has 2 N–H and O–H groups in total. The average molecular weight is 413 g/mol. The zero-order chi connectivity index (χ0) is 21.0. The predicted octanol–water partition coefficient (Wildman–Crippen LogP) is 2.54. The summed E-state index contributed by atoms with van der Waals surface area (Å²) in [6.07, 6.45) is 6.77. The van der Waals surface area contributed by atoms with Gasteiger partial charge in [-0.2, -0.15) is 0 Å². The molecule has 0 unspecified atom stereocenters. The fourth-order valence-corrected chi connectivity index (χ4v) is 4.84. The maximum atomic E-state index is 12.6. The van der Waals surface area contributed by atoms with Crippen molar-refractivity contribution >= 4 is 17.8 Å². The van der Waals surface area contributed by atoms with E-state index in [2.05, 4.69) is 39.8 Å². The van der Waals surface area contributed by atoms with E-state index >= 15 is 0 Å². The van der Waals surface area contributed by atoms with Crippen molar-refractivity contribution in [2.75, 3.05) is 19.6 Å². The lowest BCUT2D eigenvalue weighted by Crippen LogP contribution is -2.44. The van der Waals surface area contributed by atoms with Crippen LogP contribution in [0.1, 0.15) is 62.5 Å². The highest BCUT2D eigenvalue weighted by Gasteiger charge is 2.52. The van der Waals surface area contributed by atoms with Crippen molar-refractivity contribution in [1.82, 2.24) is 20.4 Å². The number of nitrogens with one attached hydrogen (secondary N) is 2. The van der Waals surface area contributed by atoms with Crippen molar-refractivity contribution in [2.24, 2.45) is 0 Å². The molecule has 2 aliphatic heterocycles. The summed E-state index contributed by atoms with van der Waals surface area (Å²) in [5.41, 5.74) is 1.71. The molecule has 1 aromatic rings. The fraction of sp³-hybridized carbons (Fsp3) is 0.609. The zero-order valence-electron chi connectivity index (χ0n) is 17.6. The average Bonchev–Trinajstić information content (AvgIpc) is 3.47. The van der Waals surface area contributed by atoms with Crippen LogP contribution >= 0.6 is 0 Å². The number of hydrogen-bond donors (Lipinski definition) is 2. The SMILES string of the molecule is O=C(CCCN1C(=O)NC2(CCCC2)C1=O)NCc1ccc(CN2CCCC2)cc1. The van der Waals surface area contributed by atoms with Crippen LogP contribution < -0.4 is 10.6 Å². The predicted molar refractivity (Wildman–Crippen MR) is 113 cm³/mol. The molecule has 1 spiro atoms. The second-order valence-electron chi connectivity index (χ2n) is 8.86. The Morgan fingerprint density at radius 2 is 1.67 bits per heavy atom. The van der Waals surface area contributed by atoms with Gasteiger partial charge in [-0.05, 0) is 56.3 Å². The minimum atomic E-state index is -0.666. The molecule has 1 aromatic carbocycles. The van der Waals surface area contributed by atoms with Gasteiger partial charge in [0.1, 0.15) is 5.54 Å². The highest BCUT2D eigenvalue weighted by atomic mass is 16.2. The van der Waals surface area contributed by atoms with Crippen molar-refractivity contribution < 1.29 is 14.4 Å². The van der Waals surface area contributed by atoms with Crippen LogP contribution in [-0.4, -0.2) is 52.8 Å². The second kappa shape index (κ2) is 9.16. The quantitative estimate of drug-likeness (QED) is 0.643. The van der Waals surface area contributed by atoms with Crippen LogP contribution in [0.25, 0.3) is 0 Å². The molecule has 0 aromatic heterocycles. The molecule has 7 nitrogen and oxygen atoms in total. The van der Waals surface area contributed by atoms with E-state index in [1.807, 2.05) is 0 Å². The highest BCUT2D eigenvalue weighted by molar-refractivity contribution is 6.07. The third-order valence-electron chi connectivity index (χ3n) is 6.61. The van der Waals surface area contributed by atoms with Crippen molar-refractivity contribution in [3.63, 3.8) is 0 Å². The van der Waals surface area contributed by atoms with Gasteiger partial charge in [0.15, 0.2) is 0 Å². The Hall–Kier alpha value is -2.41. The van der Waals surface area contributed by atoms with Gasteiger partial charge in [0.2, 0.25) is 5.91 Å². The Bertz CT molecular complexity index is 780. The van der Waals surface area contributed by atoms with Crippen LogP contribution in [0.3, 0.4) is 0 Å². The number of rotatable bonds is 8. The lowest BCUT2D eigenvalue weighted by Gasteiger charge is -2.19. The number of carbonyl (C=O) groups excluding carboxylic acids is 3. The minimum absolute atomic E-state index is 0.0567. The van der Waals surface area contributed by atoms with Gasteiger partial charge in [-0.15, -0.1) is 0 Å². The first kappa shape index (κ1) is 20.8. The van der Waals surface area contributed by atoms with Gasteiger partial charge in [-0.1, -0.05) is 37.1 Å². The van der Waals surface area contributed by atoms with Crippen LogP contribution in [-0.2, 0) is 22.7 Å². The Balaban J connectivity index is 1.16. The summed E-state index contributed by atoms with van der Waals surface area (Å²) in [5, 5.41) is 5.81. The molecule has 162 valence electrons. The number of carbonyl (C=O) groups is 3. The molecule has 4 rings (SSSR count). The molecule has 1 saturated carbocycles. The molecule has 1 aliphatic carbocycles. The van der Waals surface area contributed by atoms with E-state index in [0.29, 0.717) is 25.9 Å². The van der Waals surface area contributed by atoms with Crippen molar-refractivity contribution in [3.8, 4) is 0 Å². The number of amides is 4. The molecular weight excluding hydrogens is 380 g/mol. The first-order valence-electron chi connectivity index (χ1n) is 11.3. The van der Waals surface area contributed by atoms with Crippen LogP contribution in [0.4, 0.5) is 4.79 Å². The summed E-state index contributed by atoms with van der Waals surface area (Å²) in [4.78, 5) is 40.7. The van der Waals surface area contributed by atoms with Gasteiger partial charge in [0, 0.05) is 26.1 Å². The molecule has 3 aliphatic rings. The largest absolute Gasteiger partial charge is 0.352 e. The van der Waals surface area contributed by atoms with Gasteiger partial charge in [0.05, 0.1) is 0 Å². The normalized spacial score (nSPS) is 20.9. The third-order valence-corrected chi connectivity index (χ3v) is 6.61. The van der Waals surface area contributed by atoms with E-state index in [0.717, 1.165) is 37.8 Å². The van der Waals surface area contributed by atoms with E-state index < -0.39 is 5.54 Å². The topological polar surface area (TPSA) is 81.8 Å². The summed E-state index contributed by atoms with van der Waals surface area (Å²) in [7, 11) is 0. The number of urea groups is 1. The van der Waals surface area contributed by atoms with E-state index in [1.54, 1.807) is 0 Å². The zero-order valence-corrected chi connectivity index (χ0v) is 17.6. The molecule has 3 fully saturated rings. The first-order valence-corrected chi connectivity index (χ1v) is 11.3. The van der Waals surface area contributed by atoms with Crippen molar-refractivity contribution in [1.29, 1.82) is 0 Å². The van der Waals surface area contributed by atoms with E-state index in [-0.39, 0.29) is 17.8 Å². The number of imide groups is 1. The molecule has 0 radical (unpaired) electrons. The summed E-state index contributed by atoms with van der Waals surface area (Å²) in [6.45, 7) is 4.16. The molecule has 7 heteroatoms. The third kappa shape index (κ3) is 4.67. The van der Waals surface area contributed by atoms with Gasteiger partial charge in [-0.25, -0.2) is 4.79 Å². The van der Waals surface area contributed by atoms with Gasteiger partial charge >= 0.3 is 6.03 Å². The van der Waals surface area contributed by atoms with Gasteiger partial charge < -0.3 is 10.6 Å². The molecule has 4 amide bonds. The molecular formula is C23H32N4O3. The van der Waals surface area contributed by atoms with Crippen LogP contribution in [0.15, 0.2) is 24.3 Å². The molecule has 0 bridgehead atoms. The van der Waals surface area contributed by atoms with Crippen LogP contribution in [0.5, 0.6) is 0 Å². The van der Waals surface area contributed by atoms with E-state index in [9.17, 15) is 14.4 Å². The smallest absolute Gasteiger partial charge is 0.325 e. The summed E-state index contributed by atoms with van der Waals surface area (Å²) in [6, 6.07) is 8.10. The molecule has 30 heavy (non-hydrogen) atoms. The first-order chi connectivity index (χ1) is 14.6. The van der Waals surface area contributed by atoms with Gasteiger partial charge in [-0.3, -0.25) is 19.4 Å². The minimum Gasteiger partial charge on any atom is -0.352 e. The lowest BCUT2D eigenvalue weighted by atomic mass is 9.98. The molecule has 2 saturated heterocycles. The summed E-state index contributed by atoms with van der Waals surface area (Å²) < 4.78 is 0. The Labute approximate surface area is 178 Å². The maximum Gasteiger partial charge on any atom is 0.325 e. The van der Waals surface area contributed by atoms with Crippen molar-refractivity contribution in [3.05, 3.63) is 35.4 Å². The number of benzene rings is 1. The van der Waals surface area contributed by atoms with E-state index in [1.165, 1.54) is 36.4 Å². The van der Waals surface area contributed by atoms with Crippen LogP contribution in [0.2, 0.25) is 0 Å². The Morgan fingerprint density at radius 1 is 1.00 bits per heavy atom. The lowest BCUT2D eigenvalue weighted by molar-refractivity contribution is -0.131. The monoisotopic (exact) mass is 412 g/mol. The summed E-state index contributed by atoms with van der Waals surface area (Å²) in [5.74, 6) is -0.168. The maximum absolute atomic E-state index is 12.6. The molecule has 2 heterocycles. The molecule has 0 atom stereocenters. The number of nitrogens with zero attached hydrogens (tertiary/aromatic N) is 2. The number of hydrogen-bond acceptors (Lipinski definition) is 4.